The molecule has 0 saturated heterocycles. The van der Waals surface area contributed by atoms with Crippen LogP contribution in [0, 0.1) is 11.6 Å². The number of rotatable bonds is 4. The molecular formula is C16H19F2N3. The van der Waals surface area contributed by atoms with Gasteiger partial charge in [-0.05, 0) is 25.3 Å². The first kappa shape index (κ1) is 14.0. The highest BCUT2D eigenvalue weighted by Crippen LogP contribution is 2.31. The summed E-state index contributed by atoms with van der Waals surface area (Å²) in [6.07, 6.45) is 3.87. The molecule has 0 amide bonds. The van der Waals surface area contributed by atoms with Crippen LogP contribution in [0.3, 0.4) is 0 Å². The molecule has 0 spiro atoms. The molecule has 0 radical (unpaired) electrons. The minimum Gasteiger partial charge on any atom is -0.370 e. The van der Waals surface area contributed by atoms with Crippen molar-refractivity contribution in [1.29, 1.82) is 0 Å². The Hall–Kier alpha value is -1.91. The normalized spacial score (nSPS) is 17.4. The van der Waals surface area contributed by atoms with E-state index in [0.717, 1.165) is 49.8 Å². The van der Waals surface area contributed by atoms with Gasteiger partial charge in [0, 0.05) is 24.2 Å². The number of aryl methyl sites for hydroxylation is 1. The lowest BCUT2D eigenvalue weighted by Crippen LogP contribution is -2.25. The molecule has 2 aromatic rings. The third kappa shape index (κ3) is 2.77. The molecule has 1 aromatic carbocycles. The van der Waals surface area contributed by atoms with Crippen LogP contribution in [0.1, 0.15) is 43.5 Å². The third-order valence-electron chi connectivity index (χ3n) is 3.91. The molecule has 21 heavy (non-hydrogen) atoms. The molecule has 1 N–H and O–H groups in total. The maximum Gasteiger partial charge on any atom is 0.131 e. The summed E-state index contributed by atoms with van der Waals surface area (Å²) >= 11 is 0. The number of benzene rings is 1. The molecule has 3 rings (SSSR count). The van der Waals surface area contributed by atoms with Gasteiger partial charge in [-0.25, -0.2) is 13.5 Å². The van der Waals surface area contributed by atoms with Crippen LogP contribution in [0.2, 0.25) is 0 Å². The van der Waals surface area contributed by atoms with Crippen molar-refractivity contribution < 1.29 is 8.78 Å². The van der Waals surface area contributed by atoms with Crippen molar-refractivity contribution in [2.45, 2.75) is 38.6 Å². The Morgan fingerprint density at radius 3 is 2.95 bits per heavy atom. The topological polar surface area (TPSA) is 29.9 Å². The van der Waals surface area contributed by atoms with Crippen molar-refractivity contribution in [1.82, 2.24) is 9.78 Å². The molecular weight excluding hydrogens is 272 g/mol. The smallest absolute Gasteiger partial charge is 0.131 e. The second-order valence-corrected chi connectivity index (χ2v) is 5.47. The van der Waals surface area contributed by atoms with Gasteiger partial charge in [0.05, 0.1) is 11.7 Å². The number of unbranched alkanes of at least 4 members (excludes halogenated alkanes) is 1. The van der Waals surface area contributed by atoms with Gasteiger partial charge < -0.3 is 5.32 Å². The average Bonchev–Trinajstić information content (AvgIpc) is 2.88. The number of fused-ring (bicyclic) bond motifs is 1. The minimum atomic E-state index is -0.547. The Balaban J connectivity index is 1.94. The van der Waals surface area contributed by atoms with Crippen molar-refractivity contribution >= 4 is 5.82 Å². The Morgan fingerprint density at radius 1 is 1.33 bits per heavy atom. The van der Waals surface area contributed by atoms with Crippen molar-refractivity contribution in [2.24, 2.45) is 0 Å². The molecule has 0 fully saturated rings. The van der Waals surface area contributed by atoms with Gasteiger partial charge in [-0.3, -0.25) is 0 Å². The molecule has 1 aliphatic heterocycles. The zero-order valence-electron chi connectivity index (χ0n) is 12.1. The zero-order chi connectivity index (χ0) is 14.8. The molecule has 1 aliphatic rings. The molecule has 1 atom stereocenters. The molecule has 1 aromatic heterocycles. The van der Waals surface area contributed by atoms with Gasteiger partial charge in [0.15, 0.2) is 0 Å². The Morgan fingerprint density at radius 2 is 2.19 bits per heavy atom. The maximum atomic E-state index is 14.0. The fourth-order valence-electron chi connectivity index (χ4n) is 2.81. The van der Waals surface area contributed by atoms with E-state index in [1.54, 1.807) is 0 Å². The van der Waals surface area contributed by atoms with Crippen LogP contribution >= 0.6 is 0 Å². The van der Waals surface area contributed by atoms with Crippen LogP contribution < -0.4 is 5.32 Å². The standard InChI is InChI=1S/C16H19F2N3/c1-2-3-4-12-10-16-19-8-7-15(21(16)20-12)13-6-5-11(17)9-14(13)18/h5-6,9-10,15,19H,2-4,7-8H2,1H3. The van der Waals surface area contributed by atoms with Gasteiger partial charge in [-0.1, -0.05) is 19.4 Å². The highest BCUT2D eigenvalue weighted by Gasteiger charge is 2.25. The van der Waals surface area contributed by atoms with Crippen molar-refractivity contribution in [2.75, 3.05) is 11.9 Å². The summed E-state index contributed by atoms with van der Waals surface area (Å²) in [5, 5.41) is 7.90. The number of nitrogens with zero attached hydrogens (tertiary/aromatic N) is 2. The van der Waals surface area contributed by atoms with E-state index in [1.165, 1.54) is 12.1 Å². The van der Waals surface area contributed by atoms with E-state index >= 15 is 0 Å². The number of aromatic nitrogens is 2. The molecule has 0 saturated carbocycles. The number of anilines is 1. The van der Waals surface area contributed by atoms with Crippen LogP contribution in [-0.2, 0) is 6.42 Å². The highest BCUT2D eigenvalue weighted by molar-refractivity contribution is 5.41. The van der Waals surface area contributed by atoms with Gasteiger partial charge >= 0.3 is 0 Å². The van der Waals surface area contributed by atoms with Gasteiger partial charge in [-0.2, -0.15) is 5.10 Å². The lowest BCUT2D eigenvalue weighted by molar-refractivity contribution is 0.452. The van der Waals surface area contributed by atoms with Crippen LogP contribution in [-0.4, -0.2) is 16.3 Å². The Labute approximate surface area is 123 Å². The molecule has 5 heteroatoms. The highest BCUT2D eigenvalue weighted by atomic mass is 19.1. The van der Waals surface area contributed by atoms with Crippen LogP contribution in [0.4, 0.5) is 14.6 Å². The van der Waals surface area contributed by atoms with E-state index in [1.807, 2.05) is 10.7 Å². The summed E-state index contributed by atoms with van der Waals surface area (Å²) in [5.41, 5.74) is 1.53. The van der Waals surface area contributed by atoms with E-state index in [4.69, 9.17) is 0 Å². The summed E-state index contributed by atoms with van der Waals surface area (Å²) in [7, 11) is 0. The molecule has 0 bridgehead atoms. The van der Waals surface area contributed by atoms with E-state index in [-0.39, 0.29) is 6.04 Å². The summed E-state index contributed by atoms with van der Waals surface area (Å²) < 4.78 is 29.0. The first-order chi connectivity index (χ1) is 10.2. The zero-order valence-corrected chi connectivity index (χ0v) is 12.1. The second kappa shape index (κ2) is 5.84. The minimum absolute atomic E-state index is 0.169. The van der Waals surface area contributed by atoms with Gasteiger partial charge in [0.2, 0.25) is 0 Å². The van der Waals surface area contributed by atoms with E-state index in [0.29, 0.717) is 5.56 Å². The number of hydrogen-bond acceptors (Lipinski definition) is 2. The summed E-state index contributed by atoms with van der Waals surface area (Å²) in [6, 6.07) is 5.64. The Kier molecular flexibility index (Phi) is 3.90. The molecule has 1 unspecified atom stereocenters. The average molecular weight is 291 g/mol. The monoisotopic (exact) mass is 291 g/mol. The number of halogens is 2. The van der Waals surface area contributed by atoms with Gasteiger partial charge in [0.1, 0.15) is 17.5 Å². The van der Waals surface area contributed by atoms with Crippen molar-refractivity contribution in [3.8, 4) is 0 Å². The van der Waals surface area contributed by atoms with Crippen molar-refractivity contribution in [3.63, 3.8) is 0 Å². The lowest BCUT2D eigenvalue weighted by atomic mass is 10.0. The second-order valence-electron chi connectivity index (χ2n) is 5.47. The summed E-state index contributed by atoms with van der Waals surface area (Å²) in [5.74, 6) is -0.131. The van der Waals surface area contributed by atoms with E-state index < -0.39 is 11.6 Å². The molecule has 2 heterocycles. The predicted molar refractivity (Wildman–Crippen MR) is 78.4 cm³/mol. The van der Waals surface area contributed by atoms with Crippen LogP contribution in [0.5, 0.6) is 0 Å². The molecule has 3 nitrogen and oxygen atoms in total. The summed E-state index contributed by atoms with van der Waals surface area (Å²) in [4.78, 5) is 0. The fourth-order valence-corrected chi connectivity index (χ4v) is 2.81. The molecule has 0 aliphatic carbocycles. The van der Waals surface area contributed by atoms with Crippen LogP contribution in [0.15, 0.2) is 24.3 Å². The summed E-state index contributed by atoms with van der Waals surface area (Å²) in [6.45, 7) is 2.91. The fraction of sp³-hybridized carbons (Fsp3) is 0.438. The van der Waals surface area contributed by atoms with Gasteiger partial charge in [0.25, 0.3) is 0 Å². The largest absolute Gasteiger partial charge is 0.370 e. The molecule has 112 valence electrons. The van der Waals surface area contributed by atoms with E-state index in [2.05, 4.69) is 17.3 Å². The van der Waals surface area contributed by atoms with E-state index in [9.17, 15) is 8.78 Å². The number of nitrogens with one attached hydrogen (secondary N) is 1. The maximum absolute atomic E-state index is 14.0. The van der Waals surface area contributed by atoms with Gasteiger partial charge in [-0.15, -0.1) is 0 Å². The lowest BCUT2D eigenvalue weighted by Gasteiger charge is -2.26. The SMILES string of the molecule is CCCCc1cc2n(n1)C(c1ccc(F)cc1F)CCN2. The quantitative estimate of drug-likeness (QED) is 0.925. The first-order valence-electron chi connectivity index (χ1n) is 7.46. The predicted octanol–water partition coefficient (Wildman–Crippen LogP) is 3.91. The Bertz CT molecular complexity index is 636. The third-order valence-corrected chi connectivity index (χ3v) is 3.91. The van der Waals surface area contributed by atoms with Crippen molar-refractivity contribution in [3.05, 3.63) is 47.2 Å². The first-order valence-corrected chi connectivity index (χ1v) is 7.46. The van der Waals surface area contributed by atoms with Crippen LogP contribution in [0.25, 0.3) is 0 Å². The number of hydrogen-bond donors (Lipinski definition) is 1.